The molecule has 0 aromatic carbocycles. The fourth-order valence-corrected chi connectivity index (χ4v) is 2.78. The molecular formula is C10H13N3O3S. The van der Waals surface area contributed by atoms with Gasteiger partial charge in [-0.15, -0.1) is 11.3 Å². The number of hydrogen-bond acceptors (Lipinski definition) is 5. The summed E-state index contributed by atoms with van der Waals surface area (Å²) in [5.41, 5.74) is 6.48. The predicted octanol–water partition coefficient (Wildman–Crippen LogP) is 0.372. The summed E-state index contributed by atoms with van der Waals surface area (Å²) in [6.45, 7) is 0. The highest BCUT2D eigenvalue weighted by Crippen LogP contribution is 2.30. The Hall–Kier alpha value is -1.47. The van der Waals surface area contributed by atoms with Gasteiger partial charge in [0, 0.05) is 4.88 Å². The van der Waals surface area contributed by atoms with Gasteiger partial charge in [0.1, 0.15) is 0 Å². The number of carbonyl (C=O) groups is 2. The maximum Gasteiger partial charge on any atom is 0.305 e. The standard InChI is InChI=1S/C10H13N3O3S/c11-5(4-8(14)15)9(16)13-10-12-6-2-1-3-7(6)17-10/h5H,1-4,11H2,(H,14,15)(H,12,13,16). The molecule has 1 heterocycles. The van der Waals surface area contributed by atoms with E-state index < -0.39 is 17.9 Å². The molecule has 1 aliphatic carbocycles. The van der Waals surface area contributed by atoms with Crippen LogP contribution in [0.15, 0.2) is 0 Å². The molecule has 2 rings (SSSR count). The van der Waals surface area contributed by atoms with Crippen LogP contribution < -0.4 is 11.1 Å². The molecule has 1 aromatic rings. The summed E-state index contributed by atoms with van der Waals surface area (Å²) in [5.74, 6) is -1.59. The molecule has 0 saturated carbocycles. The van der Waals surface area contributed by atoms with Crippen LogP contribution in [-0.2, 0) is 22.4 Å². The van der Waals surface area contributed by atoms with Crippen LogP contribution in [0.1, 0.15) is 23.4 Å². The molecule has 1 amide bonds. The number of carboxylic acid groups (broad SMARTS) is 1. The van der Waals surface area contributed by atoms with E-state index in [0.29, 0.717) is 5.13 Å². The Morgan fingerprint density at radius 1 is 1.53 bits per heavy atom. The lowest BCUT2D eigenvalue weighted by Gasteiger charge is -2.07. The SMILES string of the molecule is NC(CC(=O)O)C(=O)Nc1nc2c(s1)CCC2. The number of nitrogens with two attached hydrogens (primary N) is 1. The van der Waals surface area contributed by atoms with E-state index in [1.54, 1.807) is 0 Å². The molecule has 0 spiro atoms. The molecule has 0 aliphatic heterocycles. The van der Waals surface area contributed by atoms with Gasteiger partial charge in [0.25, 0.3) is 0 Å². The number of amides is 1. The molecule has 1 aliphatic rings. The average molecular weight is 255 g/mol. The number of rotatable bonds is 4. The topological polar surface area (TPSA) is 105 Å². The summed E-state index contributed by atoms with van der Waals surface area (Å²) in [6, 6.07) is -1.04. The van der Waals surface area contributed by atoms with Crippen LogP contribution in [0.3, 0.4) is 0 Å². The van der Waals surface area contributed by atoms with Crippen molar-refractivity contribution in [2.24, 2.45) is 5.73 Å². The van der Waals surface area contributed by atoms with Crippen LogP contribution in [0.4, 0.5) is 5.13 Å². The average Bonchev–Trinajstić information content (AvgIpc) is 2.76. The van der Waals surface area contributed by atoms with Crippen LogP contribution in [0.25, 0.3) is 0 Å². The number of aryl methyl sites for hydroxylation is 2. The number of thiazole rings is 1. The van der Waals surface area contributed by atoms with E-state index in [-0.39, 0.29) is 6.42 Å². The van der Waals surface area contributed by atoms with Crippen molar-refractivity contribution in [3.05, 3.63) is 10.6 Å². The molecule has 17 heavy (non-hydrogen) atoms. The summed E-state index contributed by atoms with van der Waals surface area (Å²) in [6.07, 6.45) is 2.69. The van der Waals surface area contributed by atoms with Crippen molar-refractivity contribution in [2.45, 2.75) is 31.7 Å². The maximum absolute atomic E-state index is 11.5. The minimum Gasteiger partial charge on any atom is -0.481 e. The van der Waals surface area contributed by atoms with Gasteiger partial charge in [0.2, 0.25) is 5.91 Å². The highest BCUT2D eigenvalue weighted by molar-refractivity contribution is 7.15. The van der Waals surface area contributed by atoms with Gasteiger partial charge in [0.05, 0.1) is 18.2 Å². The molecule has 1 unspecified atom stereocenters. The number of nitrogens with one attached hydrogen (secondary N) is 1. The van der Waals surface area contributed by atoms with E-state index in [9.17, 15) is 9.59 Å². The number of aromatic nitrogens is 1. The number of aliphatic carboxylic acids is 1. The first kappa shape index (κ1) is 12.0. The van der Waals surface area contributed by atoms with Crippen molar-refractivity contribution in [3.8, 4) is 0 Å². The minimum atomic E-state index is -1.09. The van der Waals surface area contributed by atoms with Gasteiger partial charge in [0.15, 0.2) is 5.13 Å². The van der Waals surface area contributed by atoms with Gasteiger partial charge in [-0.2, -0.15) is 0 Å². The lowest BCUT2D eigenvalue weighted by Crippen LogP contribution is -2.37. The second-order valence-electron chi connectivity index (χ2n) is 3.94. The van der Waals surface area contributed by atoms with E-state index in [0.717, 1.165) is 25.0 Å². The van der Waals surface area contributed by atoms with Crippen molar-refractivity contribution in [3.63, 3.8) is 0 Å². The number of hydrogen-bond donors (Lipinski definition) is 3. The number of carboxylic acids is 1. The van der Waals surface area contributed by atoms with Crippen LogP contribution in [0.2, 0.25) is 0 Å². The Balaban J connectivity index is 1.96. The summed E-state index contributed by atoms with van der Waals surface area (Å²) in [5, 5.41) is 11.6. The van der Waals surface area contributed by atoms with Crippen molar-refractivity contribution in [2.75, 3.05) is 5.32 Å². The molecule has 0 radical (unpaired) electrons. The monoisotopic (exact) mass is 255 g/mol. The first-order valence-electron chi connectivity index (χ1n) is 5.33. The van der Waals surface area contributed by atoms with Crippen LogP contribution >= 0.6 is 11.3 Å². The Bertz CT molecular complexity index is 436. The Morgan fingerprint density at radius 3 is 2.94 bits per heavy atom. The zero-order valence-electron chi connectivity index (χ0n) is 9.10. The van der Waals surface area contributed by atoms with Crippen LogP contribution in [-0.4, -0.2) is 28.0 Å². The summed E-state index contributed by atoms with van der Waals surface area (Å²) in [7, 11) is 0. The van der Waals surface area contributed by atoms with E-state index in [2.05, 4.69) is 10.3 Å². The highest BCUT2D eigenvalue weighted by atomic mass is 32.1. The van der Waals surface area contributed by atoms with Gasteiger partial charge >= 0.3 is 5.97 Å². The zero-order valence-corrected chi connectivity index (χ0v) is 9.92. The predicted molar refractivity (Wildman–Crippen MR) is 63.0 cm³/mol. The van der Waals surface area contributed by atoms with Crippen molar-refractivity contribution < 1.29 is 14.7 Å². The van der Waals surface area contributed by atoms with Gasteiger partial charge in [-0.05, 0) is 19.3 Å². The molecular weight excluding hydrogens is 242 g/mol. The third kappa shape index (κ3) is 2.80. The number of carbonyl (C=O) groups excluding carboxylic acids is 1. The van der Waals surface area contributed by atoms with Crippen molar-refractivity contribution >= 4 is 28.3 Å². The Labute approximate surface area is 102 Å². The highest BCUT2D eigenvalue weighted by Gasteiger charge is 2.21. The molecule has 0 saturated heterocycles. The van der Waals surface area contributed by atoms with Crippen LogP contribution in [0.5, 0.6) is 0 Å². The molecule has 7 heteroatoms. The van der Waals surface area contributed by atoms with Gasteiger partial charge < -0.3 is 16.2 Å². The summed E-state index contributed by atoms with van der Waals surface area (Å²) >= 11 is 1.44. The minimum absolute atomic E-state index is 0.378. The van der Waals surface area contributed by atoms with Crippen molar-refractivity contribution in [1.82, 2.24) is 4.98 Å². The summed E-state index contributed by atoms with van der Waals surface area (Å²) < 4.78 is 0. The Morgan fingerprint density at radius 2 is 2.29 bits per heavy atom. The van der Waals surface area contributed by atoms with E-state index in [1.165, 1.54) is 16.2 Å². The van der Waals surface area contributed by atoms with E-state index in [1.807, 2.05) is 0 Å². The molecule has 92 valence electrons. The second-order valence-corrected chi connectivity index (χ2v) is 5.02. The van der Waals surface area contributed by atoms with Gasteiger partial charge in [-0.1, -0.05) is 0 Å². The Kier molecular flexibility index (Phi) is 3.39. The number of anilines is 1. The molecule has 0 fully saturated rings. The third-order valence-electron chi connectivity index (χ3n) is 2.56. The maximum atomic E-state index is 11.5. The van der Waals surface area contributed by atoms with Crippen molar-refractivity contribution in [1.29, 1.82) is 0 Å². The number of nitrogens with zero attached hydrogens (tertiary/aromatic N) is 1. The fraction of sp³-hybridized carbons (Fsp3) is 0.500. The zero-order chi connectivity index (χ0) is 12.4. The third-order valence-corrected chi connectivity index (χ3v) is 3.63. The molecule has 1 aromatic heterocycles. The van der Waals surface area contributed by atoms with E-state index >= 15 is 0 Å². The molecule has 6 nitrogen and oxygen atoms in total. The molecule has 0 bridgehead atoms. The second kappa shape index (κ2) is 4.80. The van der Waals surface area contributed by atoms with Gasteiger partial charge in [-0.25, -0.2) is 4.98 Å². The quantitative estimate of drug-likeness (QED) is 0.721. The lowest BCUT2D eigenvalue weighted by molar-refractivity contribution is -0.138. The van der Waals surface area contributed by atoms with Gasteiger partial charge in [-0.3, -0.25) is 9.59 Å². The fourth-order valence-electron chi connectivity index (χ4n) is 1.72. The largest absolute Gasteiger partial charge is 0.481 e. The number of fused-ring (bicyclic) bond motifs is 1. The molecule has 4 N–H and O–H groups in total. The smallest absolute Gasteiger partial charge is 0.305 e. The molecule has 1 atom stereocenters. The van der Waals surface area contributed by atoms with Crippen LogP contribution in [0, 0.1) is 0 Å². The van der Waals surface area contributed by atoms with E-state index in [4.69, 9.17) is 10.8 Å². The lowest BCUT2D eigenvalue weighted by atomic mass is 10.2. The first-order chi connectivity index (χ1) is 8.06. The first-order valence-corrected chi connectivity index (χ1v) is 6.14. The normalized spacial score (nSPS) is 15.4. The summed E-state index contributed by atoms with van der Waals surface area (Å²) in [4.78, 5) is 27.4.